The first kappa shape index (κ1) is 21.4. The molecule has 0 saturated heterocycles. The van der Waals surface area contributed by atoms with Crippen LogP contribution >= 0.6 is 0 Å². The average molecular weight is 449 g/mol. The number of rotatable bonds is 3. The monoisotopic (exact) mass is 448 g/mol. The molecule has 0 aliphatic heterocycles. The minimum Gasteiger partial charge on any atom is -0.383 e. The van der Waals surface area contributed by atoms with Gasteiger partial charge in [0.1, 0.15) is 17.8 Å². The maximum absolute atomic E-state index is 13.8. The summed E-state index contributed by atoms with van der Waals surface area (Å²) in [6, 6.07) is 15.8. The lowest BCUT2D eigenvalue weighted by Gasteiger charge is -2.17. The molecule has 3 aromatic heterocycles. The highest BCUT2D eigenvalue weighted by Crippen LogP contribution is 2.24. The molecule has 5 aromatic rings. The van der Waals surface area contributed by atoms with E-state index in [0.717, 1.165) is 27.9 Å². The van der Waals surface area contributed by atoms with E-state index in [1.807, 2.05) is 69.3 Å². The molecule has 34 heavy (non-hydrogen) atoms. The highest BCUT2D eigenvalue weighted by atomic mass is 16.1. The molecule has 7 heteroatoms. The normalized spacial score (nSPS) is 11.0. The fourth-order valence-corrected chi connectivity index (χ4v) is 4.34. The second-order valence-corrected chi connectivity index (χ2v) is 8.22. The van der Waals surface area contributed by atoms with Crippen molar-refractivity contribution in [1.82, 2.24) is 24.3 Å². The summed E-state index contributed by atoms with van der Waals surface area (Å²) in [5.41, 5.74) is 10.8. The summed E-state index contributed by atoms with van der Waals surface area (Å²) in [5.74, 6) is 6.47. The van der Waals surface area contributed by atoms with E-state index in [1.165, 1.54) is 6.33 Å². The molecule has 5 rings (SSSR count). The molecule has 0 saturated carbocycles. The third-order valence-electron chi connectivity index (χ3n) is 5.94. The van der Waals surface area contributed by atoms with E-state index >= 15 is 0 Å². The van der Waals surface area contributed by atoms with Crippen molar-refractivity contribution in [2.75, 3.05) is 5.73 Å². The molecule has 0 radical (unpaired) electrons. The van der Waals surface area contributed by atoms with Crippen molar-refractivity contribution < 1.29 is 0 Å². The number of anilines is 1. The van der Waals surface area contributed by atoms with E-state index in [4.69, 9.17) is 10.8 Å². The number of nitrogens with zero attached hydrogens (tertiary/aromatic N) is 5. The average Bonchev–Trinajstić information content (AvgIpc) is 3.17. The lowest BCUT2D eigenvalue weighted by Crippen LogP contribution is -2.25. The van der Waals surface area contributed by atoms with Crippen LogP contribution in [0.3, 0.4) is 0 Å². The number of aryl methyl sites for hydroxylation is 2. The summed E-state index contributed by atoms with van der Waals surface area (Å²) < 4.78 is 3.53. The summed E-state index contributed by atoms with van der Waals surface area (Å²) in [5, 5.41) is 6.94. The number of pyridine rings is 1. The molecule has 2 aromatic carbocycles. The van der Waals surface area contributed by atoms with Crippen LogP contribution in [0.5, 0.6) is 0 Å². The Morgan fingerprint density at radius 3 is 2.59 bits per heavy atom. The number of para-hydroxylation sites is 1. The predicted molar refractivity (Wildman–Crippen MR) is 135 cm³/mol. The van der Waals surface area contributed by atoms with Gasteiger partial charge in [-0.25, -0.2) is 14.6 Å². The number of hydrogen-bond acceptors (Lipinski definition) is 5. The van der Waals surface area contributed by atoms with Gasteiger partial charge in [0.05, 0.1) is 23.0 Å². The Morgan fingerprint density at radius 1 is 1.00 bits per heavy atom. The Hall–Kier alpha value is -4.44. The number of fused-ring (bicyclic) bond motifs is 2. The molecule has 0 atom stereocenters. The first-order chi connectivity index (χ1) is 16.5. The molecule has 3 heterocycles. The smallest absolute Gasteiger partial charge is 0.263 e. The van der Waals surface area contributed by atoms with Gasteiger partial charge in [0, 0.05) is 12.1 Å². The number of hydrogen-bond donors (Lipinski definition) is 1. The zero-order valence-electron chi connectivity index (χ0n) is 19.3. The Balaban J connectivity index is 1.80. The van der Waals surface area contributed by atoms with Crippen LogP contribution < -0.4 is 11.3 Å². The van der Waals surface area contributed by atoms with Crippen molar-refractivity contribution in [3.63, 3.8) is 0 Å². The zero-order valence-corrected chi connectivity index (χ0v) is 19.3. The van der Waals surface area contributed by atoms with E-state index in [9.17, 15) is 4.79 Å². The lowest BCUT2D eigenvalue weighted by molar-refractivity contribution is 0.667. The lowest BCUT2D eigenvalue weighted by atomic mass is 10.1. The Morgan fingerprint density at radius 2 is 1.79 bits per heavy atom. The summed E-state index contributed by atoms with van der Waals surface area (Å²) in [6.07, 6.45) is 2.11. The number of aromatic nitrogens is 5. The number of nitrogen functional groups attached to an aromatic ring is 1. The van der Waals surface area contributed by atoms with Gasteiger partial charge in [-0.3, -0.25) is 9.36 Å². The third-order valence-corrected chi connectivity index (χ3v) is 5.94. The van der Waals surface area contributed by atoms with E-state index in [0.29, 0.717) is 40.9 Å². The first-order valence-corrected chi connectivity index (χ1v) is 11.2. The Bertz CT molecular complexity index is 1680. The fourth-order valence-electron chi connectivity index (χ4n) is 4.34. The minimum absolute atomic E-state index is 0.0588. The molecule has 7 nitrogen and oxygen atoms in total. The molecule has 0 fully saturated rings. The highest BCUT2D eigenvalue weighted by molar-refractivity contribution is 5.90. The van der Waals surface area contributed by atoms with Crippen molar-refractivity contribution in [3.8, 4) is 17.5 Å². The van der Waals surface area contributed by atoms with Crippen LogP contribution in [0.4, 0.5) is 5.82 Å². The molecule has 0 amide bonds. The summed E-state index contributed by atoms with van der Waals surface area (Å²) in [6.45, 7) is 6.26. The fraction of sp³-hybridized carbons (Fsp3) is 0.185. The van der Waals surface area contributed by atoms with Gasteiger partial charge in [-0.2, -0.15) is 5.10 Å². The molecule has 168 valence electrons. The van der Waals surface area contributed by atoms with Crippen LogP contribution in [0.1, 0.15) is 35.9 Å². The maximum Gasteiger partial charge on any atom is 0.263 e. The van der Waals surface area contributed by atoms with Gasteiger partial charge >= 0.3 is 0 Å². The number of nitrogens with two attached hydrogens (primary N) is 1. The van der Waals surface area contributed by atoms with Crippen molar-refractivity contribution in [2.24, 2.45) is 0 Å². The van der Waals surface area contributed by atoms with Crippen molar-refractivity contribution in [3.05, 3.63) is 87.7 Å². The van der Waals surface area contributed by atoms with Crippen LogP contribution in [0.2, 0.25) is 0 Å². The second kappa shape index (κ2) is 8.49. The highest BCUT2D eigenvalue weighted by Gasteiger charge is 2.18. The van der Waals surface area contributed by atoms with E-state index in [2.05, 4.69) is 21.8 Å². The van der Waals surface area contributed by atoms with Crippen LogP contribution in [-0.4, -0.2) is 24.3 Å². The van der Waals surface area contributed by atoms with Crippen molar-refractivity contribution in [2.45, 2.75) is 33.7 Å². The third kappa shape index (κ3) is 3.50. The van der Waals surface area contributed by atoms with Crippen LogP contribution in [0.15, 0.2) is 59.7 Å². The largest absolute Gasteiger partial charge is 0.383 e. The summed E-state index contributed by atoms with van der Waals surface area (Å²) in [4.78, 5) is 22.4. The molecule has 2 N–H and O–H groups in total. The zero-order chi connectivity index (χ0) is 23.8. The van der Waals surface area contributed by atoms with Gasteiger partial charge in [-0.1, -0.05) is 49.2 Å². The van der Waals surface area contributed by atoms with E-state index in [1.54, 1.807) is 9.25 Å². The van der Waals surface area contributed by atoms with Crippen molar-refractivity contribution >= 4 is 27.6 Å². The molecule has 0 unspecified atom stereocenters. The van der Waals surface area contributed by atoms with Gasteiger partial charge in [-0.15, -0.1) is 0 Å². The Kier molecular flexibility index (Phi) is 5.34. The van der Waals surface area contributed by atoms with Crippen LogP contribution in [0.25, 0.3) is 27.5 Å². The SMILES string of the molecule is CCC#Cc1nn(Cc2cc3cccc(C)c3c(=O)n2-c2ccccc2C)c2ncnc(N)c12. The molecule has 0 aliphatic carbocycles. The van der Waals surface area contributed by atoms with E-state index < -0.39 is 0 Å². The van der Waals surface area contributed by atoms with Gasteiger partial charge in [0.2, 0.25) is 0 Å². The Labute approximate surface area is 196 Å². The standard InChI is InChI=1S/C27H24N6O/c1-4-5-12-21-24-25(28)29-16-30-26(24)32(31-21)15-20-14-19-11-8-10-18(3)23(19)27(34)33(20)22-13-7-6-9-17(22)2/h6-11,13-14,16H,4,15H2,1-3H3,(H2,28,29,30). The van der Waals surface area contributed by atoms with Gasteiger partial charge in [0.25, 0.3) is 5.56 Å². The minimum atomic E-state index is -0.0588. The van der Waals surface area contributed by atoms with Gasteiger partial charge in [-0.05, 0) is 48.4 Å². The van der Waals surface area contributed by atoms with Gasteiger partial charge < -0.3 is 5.73 Å². The predicted octanol–water partition coefficient (Wildman–Crippen LogP) is 4.14. The van der Waals surface area contributed by atoms with Gasteiger partial charge in [0.15, 0.2) is 5.65 Å². The molecule has 0 aliphatic rings. The first-order valence-electron chi connectivity index (χ1n) is 11.2. The molecule has 0 spiro atoms. The quantitative estimate of drug-likeness (QED) is 0.419. The number of benzene rings is 2. The molecular formula is C27H24N6O. The van der Waals surface area contributed by atoms with E-state index in [-0.39, 0.29) is 5.56 Å². The van der Waals surface area contributed by atoms with Crippen molar-refractivity contribution in [1.29, 1.82) is 0 Å². The van der Waals surface area contributed by atoms with Crippen LogP contribution in [0, 0.1) is 25.7 Å². The molecular weight excluding hydrogens is 424 g/mol. The van der Waals surface area contributed by atoms with Crippen LogP contribution in [-0.2, 0) is 6.54 Å². The topological polar surface area (TPSA) is 91.6 Å². The molecule has 0 bridgehead atoms. The summed E-state index contributed by atoms with van der Waals surface area (Å²) in [7, 11) is 0. The second-order valence-electron chi connectivity index (χ2n) is 8.22. The maximum atomic E-state index is 13.8. The summed E-state index contributed by atoms with van der Waals surface area (Å²) >= 11 is 0.